The van der Waals surface area contributed by atoms with Crippen molar-refractivity contribution in [2.45, 2.75) is 46.2 Å². The van der Waals surface area contributed by atoms with Gasteiger partial charge in [0.2, 0.25) is 0 Å². The fourth-order valence-corrected chi connectivity index (χ4v) is 4.75. The van der Waals surface area contributed by atoms with E-state index in [0.29, 0.717) is 57.9 Å². The van der Waals surface area contributed by atoms with Crippen molar-refractivity contribution in [2.75, 3.05) is 26.2 Å². The van der Waals surface area contributed by atoms with Gasteiger partial charge in [0.15, 0.2) is 5.76 Å². The number of carbonyl (C=O) groups is 3. The number of hydrogen-bond donors (Lipinski definition) is 0. The maximum absolute atomic E-state index is 14.3. The van der Waals surface area contributed by atoms with Gasteiger partial charge in [0.05, 0.1) is 31.2 Å². The molecule has 0 radical (unpaired) electrons. The van der Waals surface area contributed by atoms with Crippen molar-refractivity contribution in [1.29, 1.82) is 0 Å². The Morgan fingerprint density at radius 3 is 2.53 bits per heavy atom. The summed E-state index contributed by atoms with van der Waals surface area (Å²) in [5.74, 6) is -0.593. The molecular weight excluding hydrogens is 489 g/mol. The van der Waals surface area contributed by atoms with Gasteiger partial charge < -0.3 is 23.5 Å². The van der Waals surface area contributed by atoms with E-state index in [1.54, 1.807) is 41.0 Å². The maximum Gasteiger partial charge on any atom is 0.309 e. The molecule has 1 fully saturated rings. The zero-order chi connectivity index (χ0) is 27.1. The summed E-state index contributed by atoms with van der Waals surface area (Å²) in [4.78, 5) is 41.3. The van der Waals surface area contributed by atoms with Gasteiger partial charge in [-0.15, -0.1) is 0 Å². The Labute approximate surface area is 222 Å². The Balaban J connectivity index is 1.39. The lowest BCUT2D eigenvalue weighted by Gasteiger charge is -2.30. The molecule has 0 aliphatic carbocycles. The van der Waals surface area contributed by atoms with Gasteiger partial charge >= 0.3 is 5.97 Å². The van der Waals surface area contributed by atoms with E-state index in [1.165, 1.54) is 12.1 Å². The minimum atomic E-state index is -0.535. The Kier molecular flexibility index (Phi) is 8.99. The molecule has 1 aliphatic rings. The molecule has 2 amide bonds. The van der Waals surface area contributed by atoms with Crippen LogP contribution < -0.4 is 0 Å². The molecule has 1 saturated heterocycles. The molecule has 0 N–H and O–H groups in total. The van der Waals surface area contributed by atoms with Gasteiger partial charge in [-0.2, -0.15) is 0 Å². The van der Waals surface area contributed by atoms with Crippen LogP contribution in [0.3, 0.4) is 0 Å². The number of esters is 1. The van der Waals surface area contributed by atoms with Crippen molar-refractivity contribution in [2.24, 2.45) is 5.92 Å². The fourth-order valence-electron chi connectivity index (χ4n) is 4.75. The van der Waals surface area contributed by atoms with Gasteiger partial charge in [-0.1, -0.05) is 19.1 Å². The van der Waals surface area contributed by atoms with Gasteiger partial charge in [0.25, 0.3) is 11.8 Å². The molecule has 0 saturated carbocycles. The molecule has 1 aliphatic heterocycles. The molecule has 9 heteroatoms. The highest BCUT2D eigenvalue weighted by molar-refractivity contribution is 5.94. The van der Waals surface area contributed by atoms with E-state index in [-0.39, 0.29) is 35.0 Å². The fraction of sp³-hybridized carbons (Fsp3) is 0.414. The predicted octanol–water partition coefficient (Wildman–Crippen LogP) is 4.74. The van der Waals surface area contributed by atoms with E-state index in [9.17, 15) is 18.8 Å². The molecule has 0 bridgehead atoms. The van der Waals surface area contributed by atoms with Crippen molar-refractivity contribution in [1.82, 2.24) is 14.4 Å². The average molecular weight is 524 g/mol. The molecule has 2 aromatic heterocycles. The molecule has 38 heavy (non-hydrogen) atoms. The number of carbonyl (C=O) groups excluding carboxylic acids is 3. The smallest absolute Gasteiger partial charge is 0.309 e. The summed E-state index contributed by atoms with van der Waals surface area (Å²) >= 11 is 0. The number of nitrogens with zero attached hydrogens (tertiary/aromatic N) is 3. The topological polar surface area (TPSA) is 85.0 Å². The number of ether oxygens (including phenoxy) is 1. The summed E-state index contributed by atoms with van der Waals surface area (Å²) in [7, 11) is 0. The first-order chi connectivity index (χ1) is 18.4. The van der Waals surface area contributed by atoms with E-state index in [1.807, 2.05) is 29.8 Å². The zero-order valence-electron chi connectivity index (χ0n) is 21.9. The van der Waals surface area contributed by atoms with Crippen molar-refractivity contribution in [3.8, 4) is 0 Å². The number of amides is 2. The summed E-state index contributed by atoms with van der Waals surface area (Å²) in [5, 5.41) is 0. The van der Waals surface area contributed by atoms with Gasteiger partial charge in [0, 0.05) is 31.5 Å². The third-order valence-corrected chi connectivity index (χ3v) is 6.76. The summed E-state index contributed by atoms with van der Waals surface area (Å²) in [6, 6.07) is 13.3. The molecule has 0 unspecified atom stereocenters. The number of aromatic nitrogens is 1. The molecule has 1 aromatic carbocycles. The lowest BCUT2D eigenvalue weighted by molar-refractivity contribution is -0.149. The molecule has 3 heterocycles. The number of halogens is 1. The van der Waals surface area contributed by atoms with Crippen molar-refractivity contribution >= 4 is 17.8 Å². The first kappa shape index (κ1) is 27.2. The number of piperidine rings is 1. The second-order valence-corrected chi connectivity index (χ2v) is 9.42. The minimum absolute atomic E-state index is 0.0551. The van der Waals surface area contributed by atoms with E-state index in [0.717, 1.165) is 12.1 Å². The van der Waals surface area contributed by atoms with Crippen LogP contribution in [0, 0.1) is 11.7 Å². The Hall–Kier alpha value is -3.88. The number of hydrogen-bond acceptors (Lipinski definition) is 5. The summed E-state index contributed by atoms with van der Waals surface area (Å²) in [5.41, 5.74) is 0.924. The normalized spacial score (nSPS) is 13.9. The average Bonchev–Trinajstić information content (AvgIpc) is 3.58. The quantitative estimate of drug-likeness (QED) is 0.359. The van der Waals surface area contributed by atoms with Crippen LogP contribution in [0.15, 0.2) is 59.1 Å². The zero-order valence-corrected chi connectivity index (χ0v) is 21.9. The van der Waals surface area contributed by atoms with Gasteiger partial charge in [-0.3, -0.25) is 14.4 Å². The SMILES string of the molecule is CCCN(Cc1cccn1Cc1ccc(C(=O)N2CCC(C(=O)OCC)CC2)o1)C(=O)c1ccccc1F. The predicted molar refractivity (Wildman–Crippen MR) is 139 cm³/mol. The summed E-state index contributed by atoms with van der Waals surface area (Å²) in [6.07, 6.45) is 3.77. The third kappa shape index (κ3) is 6.33. The van der Waals surface area contributed by atoms with Crippen LogP contribution in [0.5, 0.6) is 0 Å². The van der Waals surface area contributed by atoms with Crippen molar-refractivity contribution in [3.63, 3.8) is 0 Å². The second kappa shape index (κ2) is 12.6. The van der Waals surface area contributed by atoms with E-state index in [4.69, 9.17) is 9.15 Å². The number of furan rings is 1. The van der Waals surface area contributed by atoms with E-state index < -0.39 is 5.82 Å². The maximum atomic E-state index is 14.3. The lowest BCUT2D eigenvalue weighted by atomic mass is 9.97. The van der Waals surface area contributed by atoms with Crippen LogP contribution >= 0.6 is 0 Å². The molecular formula is C29H34FN3O5. The van der Waals surface area contributed by atoms with Crippen LogP contribution in [-0.4, -0.2) is 58.4 Å². The molecule has 0 atom stereocenters. The van der Waals surface area contributed by atoms with E-state index >= 15 is 0 Å². The summed E-state index contributed by atoms with van der Waals surface area (Å²) < 4.78 is 27.2. The minimum Gasteiger partial charge on any atom is -0.466 e. The van der Waals surface area contributed by atoms with Crippen LogP contribution in [0.25, 0.3) is 0 Å². The molecule has 202 valence electrons. The largest absolute Gasteiger partial charge is 0.466 e. The molecule has 3 aromatic rings. The first-order valence-corrected chi connectivity index (χ1v) is 13.1. The Bertz CT molecular complexity index is 1260. The highest BCUT2D eigenvalue weighted by atomic mass is 19.1. The summed E-state index contributed by atoms with van der Waals surface area (Å²) in [6.45, 7) is 6.26. The Morgan fingerprint density at radius 2 is 1.82 bits per heavy atom. The van der Waals surface area contributed by atoms with Crippen molar-refractivity contribution < 1.29 is 27.9 Å². The molecule has 8 nitrogen and oxygen atoms in total. The van der Waals surface area contributed by atoms with Crippen molar-refractivity contribution in [3.05, 3.63) is 83.3 Å². The number of benzene rings is 1. The van der Waals surface area contributed by atoms with Crippen LogP contribution in [-0.2, 0) is 22.6 Å². The van der Waals surface area contributed by atoms with Gasteiger partial charge in [0.1, 0.15) is 11.6 Å². The number of likely N-dealkylation sites (tertiary alicyclic amines) is 1. The molecule has 0 spiro atoms. The first-order valence-electron chi connectivity index (χ1n) is 13.1. The van der Waals surface area contributed by atoms with Gasteiger partial charge in [-0.05, 0) is 62.6 Å². The highest BCUT2D eigenvalue weighted by Gasteiger charge is 2.30. The lowest BCUT2D eigenvalue weighted by Crippen LogP contribution is -2.40. The van der Waals surface area contributed by atoms with E-state index in [2.05, 4.69) is 0 Å². The van der Waals surface area contributed by atoms with Crippen LogP contribution in [0.4, 0.5) is 4.39 Å². The Morgan fingerprint density at radius 1 is 1.05 bits per heavy atom. The third-order valence-electron chi connectivity index (χ3n) is 6.76. The molecule has 4 rings (SSSR count). The monoisotopic (exact) mass is 523 g/mol. The standard InChI is InChI=1S/C29H34FN3O5/c1-3-15-33(27(34)24-9-5-6-10-25(24)30)19-22-8-7-16-32(22)20-23-11-12-26(38-23)28(35)31-17-13-21(14-18-31)29(36)37-4-2/h5-12,16,21H,3-4,13-15,17-20H2,1-2H3. The van der Waals surface area contributed by atoms with Crippen LogP contribution in [0.2, 0.25) is 0 Å². The highest BCUT2D eigenvalue weighted by Crippen LogP contribution is 2.22. The second-order valence-electron chi connectivity index (χ2n) is 9.42. The van der Waals surface area contributed by atoms with Crippen LogP contribution in [0.1, 0.15) is 65.5 Å². The number of rotatable bonds is 10. The van der Waals surface area contributed by atoms with Gasteiger partial charge in [-0.25, -0.2) is 4.39 Å².